The molecule has 0 aliphatic carbocycles. The van der Waals surface area contributed by atoms with E-state index in [1.54, 1.807) is 0 Å². The summed E-state index contributed by atoms with van der Waals surface area (Å²) < 4.78 is 5.12. The summed E-state index contributed by atoms with van der Waals surface area (Å²) in [4.78, 5) is 12.0. The number of benzene rings is 2. The van der Waals surface area contributed by atoms with Crippen molar-refractivity contribution in [2.75, 3.05) is 0 Å². The molecule has 0 unspecified atom stereocenters. The number of carbonyl (C=O) groups excluding carboxylic acids is 1. The van der Waals surface area contributed by atoms with Gasteiger partial charge in [-0.2, -0.15) is 0 Å². The summed E-state index contributed by atoms with van der Waals surface area (Å²) in [5.41, 5.74) is 6.90. The molecule has 0 aromatic heterocycles. The highest BCUT2D eigenvalue weighted by Gasteiger charge is 2.18. The summed E-state index contributed by atoms with van der Waals surface area (Å²) in [6.45, 7) is -0.108. The van der Waals surface area contributed by atoms with Crippen molar-refractivity contribution in [3.63, 3.8) is 0 Å². The fourth-order valence-corrected chi connectivity index (χ4v) is 3.10. The van der Waals surface area contributed by atoms with Crippen LogP contribution in [-0.2, 0) is 22.6 Å². The Morgan fingerprint density at radius 2 is 1.32 bits per heavy atom. The van der Waals surface area contributed by atoms with Crippen LogP contribution in [0.5, 0.6) is 11.5 Å². The molecule has 134 valence electrons. The van der Waals surface area contributed by atoms with Crippen LogP contribution >= 0.6 is 46.4 Å². The van der Waals surface area contributed by atoms with Crippen LogP contribution in [0.1, 0.15) is 11.1 Å². The summed E-state index contributed by atoms with van der Waals surface area (Å²) in [7, 11) is 0. The molecule has 0 heterocycles. The van der Waals surface area contributed by atoms with Gasteiger partial charge >= 0.3 is 5.97 Å². The van der Waals surface area contributed by atoms with E-state index < -0.39 is 12.0 Å². The third kappa shape index (κ3) is 5.06. The number of phenols is 2. The molecule has 0 aliphatic heterocycles. The molecule has 2 rings (SSSR count). The molecule has 0 saturated carbocycles. The Morgan fingerprint density at radius 3 is 1.76 bits per heavy atom. The van der Waals surface area contributed by atoms with Crippen molar-refractivity contribution < 1.29 is 19.7 Å². The second kappa shape index (κ2) is 8.34. The average Bonchev–Trinajstić information content (AvgIpc) is 2.55. The second-order valence-corrected chi connectivity index (χ2v) is 6.86. The maximum absolute atomic E-state index is 12.0. The van der Waals surface area contributed by atoms with Gasteiger partial charge in [0, 0.05) is 0 Å². The van der Waals surface area contributed by atoms with E-state index in [9.17, 15) is 15.0 Å². The van der Waals surface area contributed by atoms with Crippen molar-refractivity contribution in [3.05, 3.63) is 55.5 Å². The van der Waals surface area contributed by atoms with Crippen molar-refractivity contribution in [1.29, 1.82) is 0 Å². The van der Waals surface area contributed by atoms with Crippen molar-refractivity contribution in [3.8, 4) is 11.5 Å². The molecule has 1 atom stereocenters. The predicted molar refractivity (Wildman–Crippen MR) is 97.7 cm³/mol. The second-order valence-electron chi connectivity index (χ2n) is 5.23. The van der Waals surface area contributed by atoms with E-state index in [-0.39, 0.29) is 44.6 Å². The van der Waals surface area contributed by atoms with Gasteiger partial charge in [0.2, 0.25) is 0 Å². The molecule has 2 aromatic rings. The molecule has 0 saturated heterocycles. The number of rotatable bonds is 5. The highest BCUT2D eigenvalue weighted by Crippen LogP contribution is 2.34. The zero-order valence-electron chi connectivity index (χ0n) is 12.6. The van der Waals surface area contributed by atoms with E-state index in [0.717, 1.165) is 0 Å². The molecule has 4 N–H and O–H groups in total. The average molecular weight is 425 g/mol. The first-order chi connectivity index (χ1) is 11.7. The number of hydrogen-bond donors (Lipinski definition) is 3. The highest BCUT2D eigenvalue weighted by molar-refractivity contribution is 6.37. The number of ether oxygens (including phenoxy) is 1. The molecule has 25 heavy (non-hydrogen) atoms. The van der Waals surface area contributed by atoms with E-state index in [4.69, 9.17) is 56.9 Å². The number of carbonyl (C=O) groups is 1. The van der Waals surface area contributed by atoms with Crippen molar-refractivity contribution in [1.82, 2.24) is 0 Å². The third-order valence-electron chi connectivity index (χ3n) is 3.29. The number of esters is 1. The number of hydrogen-bond acceptors (Lipinski definition) is 5. The monoisotopic (exact) mass is 423 g/mol. The Kier molecular flexibility index (Phi) is 6.65. The molecule has 0 radical (unpaired) electrons. The summed E-state index contributed by atoms with van der Waals surface area (Å²) >= 11 is 23.3. The topological polar surface area (TPSA) is 92.8 Å². The largest absolute Gasteiger partial charge is 0.505 e. The van der Waals surface area contributed by atoms with E-state index in [0.29, 0.717) is 11.1 Å². The van der Waals surface area contributed by atoms with Crippen LogP contribution in [0.2, 0.25) is 20.1 Å². The minimum atomic E-state index is -0.959. The minimum absolute atomic E-state index is 0.0521. The number of halogens is 4. The van der Waals surface area contributed by atoms with E-state index in [1.165, 1.54) is 24.3 Å². The first kappa shape index (κ1) is 19.9. The van der Waals surface area contributed by atoms with Gasteiger partial charge < -0.3 is 20.7 Å². The van der Waals surface area contributed by atoms with Gasteiger partial charge in [0.05, 0.1) is 20.1 Å². The van der Waals surface area contributed by atoms with Crippen LogP contribution in [0, 0.1) is 0 Å². The van der Waals surface area contributed by atoms with Crippen LogP contribution in [0.25, 0.3) is 0 Å². The van der Waals surface area contributed by atoms with Gasteiger partial charge in [-0.1, -0.05) is 46.4 Å². The van der Waals surface area contributed by atoms with Crippen LogP contribution in [0.3, 0.4) is 0 Å². The van der Waals surface area contributed by atoms with E-state index in [1.807, 2.05) is 0 Å². The molecular weight excluding hydrogens is 412 g/mol. The summed E-state index contributed by atoms with van der Waals surface area (Å²) in [5, 5.41) is 19.3. The van der Waals surface area contributed by atoms with Crippen molar-refractivity contribution >= 4 is 52.4 Å². The Morgan fingerprint density at radius 1 is 0.920 bits per heavy atom. The zero-order valence-corrected chi connectivity index (χ0v) is 15.6. The lowest BCUT2D eigenvalue weighted by Crippen LogP contribution is -2.34. The first-order valence-electron chi connectivity index (χ1n) is 6.95. The van der Waals surface area contributed by atoms with Crippen molar-refractivity contribution in [2.24, 2.45) is 5.73 Å². The van der Waals surface area contributed by atoms with Crippen LogP contribution in [-0.4, -0.2) is 22.2 Å². The smallest absolute Gasteiger partial charge is 0.323 e. The Balaban J connectivity index is 1.99. The normalized spacial score (nSPS) is 12.0. The maximum atomic E-state index is 12.0. The molecule has 0 bridgehead atoms. The van der Waals surface area contributed by atoms with Gasteiger partial charge in [-0.05, 0) is 41.8 Å². The zero-order chi connectivity index (χ0) is 18.7. The highest BCUT2D eigenvalue weighted by atomic mass is 35.5. The van der Waals surface area contributed by atoms with Gasteiger partial charge in [-0.3, -0.25) is 4.79 Å². The van der Waals surface area contributed by atoms with E-state index >= 15 is 0 Å². The van der Waals surface area contributed by atoms with E-state index in [2.05, 4.69) is 0 Å². The van der Waals surface area contributed by atoms with Crippen LogP contribution < -0.4 is 5.73 Å². The number of phenolic OH excluding ortho intramolecular Hbond substituents is 2. The standard InChI is InChI=1S/C16H13Cl4NO4/c17-9-1-7(2-10(18)14(9)22)5-13(21)16(24)25-6-8-3-11(19)15(23)12(20)4-8/h1-4,13,22-23H,5-6,21H2/t13-/m0/s1. The molecule has 0 spiro atoms. The van der Waals surface area contributed by atoms with Gasteiger partial charge in [-0.15, -0.1) is 0 Å². The summed E-state index contributed by atoms with van der Waals surface area (Å²) in [6.07, 6.45) is 0.121. The molecule has 2 aromatic carbocycles. The van der Waals surface area contributed by atoms with Gasteiger partial charge in [0.15, 0.2) is 11.5 Å². The molecule has 9 heteroatoms. The maximum Gasteiger partial charge on any atom is 0.323 e. The minimum Gasteiger partial charge on any atom is -0.505 e. The van der Waals surface area contributed by atoms with Crippen LogP contribution in [0.4, 0.5) is 0 Å². The molecular formula is C16H13Cl4NO4. The lowest BCUT2D eigenvalue weighted by Gasteiger charge is -2.13. The number of aromatic hydroxyl groups is 2. The Hall–Kier alpha value is -1.37. The SMILES string of the molecule is N[C@@H](Cc1cc(Cl)c(O)c(Cl)c1)C(=O)OCc1cc(Cl)c(O)c(Cl)c1. The van der Waals surface area contributed by atoms with Gasteiger partial charge in [0.1, 0.15) is 12.6 Å². The predicted octanol–water partition coefficient (Wildman–Crippen LogP) is 4.32. The fourth-order valence-electron chi connectivity index (χ4n) is 2.04. The van der Waals surface area contributed by atoms with Crippen LogP contribution in [0.15, 0.2) is 24.3 Å². The molecule has 0 fully saturated rings. The van der Waals surface area contributed by atoms with Gasteiger partial charge in [0.25, 0.3) is 0 Å². The summed E-state index contributed by atoms with van der Waals surface area (Å²) in [5.74, 6) is -1.12. The lowest BCUT2D eigenvalue weighted by atomic mass is 10.1. The Bertz CT molecular complexity index is 767. The van der Waals surface area contributed by atoms with Gasteiger partial charge in [-0.25, -0.2) is 0 Å². The molecule has 5 nitrogen and oxygen atoms in total. The lowest BCUT2D eigenvalue weighted by molar-refractivity contribution is -0.146. The quantitative estimate of drug-likeness (QED) is 0.621. The third-order valence-corrected chi connectivity index (χ3v) is 4.45. The fraction of sp³-hybridized carbons (Fsp3) is 0.188. The first-order valence-corrected chi connectivity index (χ1v) is 8.46. The molecule has 0 amide bonds. The Labute approximate surface area is 163 Å². The van der Waals surface area contributed by atoms with Crippen molar-refractivity contribution in [2.45, 2.75) is 19.1 Å². The molecule has 0 aliphatic rings. The number of nitrogens with two attached hydrogens (primary N) is 1. The summed E-state index contributed by atoms with van der Waals surface area (Å²) in [6, 6.07) is 4.84.